The Kier molecular flexibility index (Phi) is 4.19. The van der Waals surface area contributed by atoms with Crippen molar-refractivity contribution in [2.45, 2.75) is 25.1 Å². The topological polar surface area (TPSA) is 35.2 Å². The lowest BCUT2D eigenvalue weighted by atomic mass is 9.46. The van der Waals surface area contributed by atoms with Gasteiger partial charge in [0.1, 0.15) is 15.7 Å². The molecule has 0 spiro atoms. The van der Waals surface area contributed by atoms with Crippen molar-refractivity contribution < 1.29 is 4.74 Å². The van der Waals surface area contributed by atoms with E-state index in [-0.39, 0.29) is 11.3 Å². The first-order valence-corrected chi connectivity index (χ1v) is 4.17. The van der Waals surface area contributed by atoms with E-state index in [1.165, 1.54) is 0 Å². The fourth-order valence-electron chi connectivity index (χ4n) is 0.822. The largest absolute Gasteiger partial charge is 0.383 e. The Labute approximate surface area is 71.7 Å². The summed E-state index contributed by atoms with van der Waals surface area (Å²) in [6.07, 6.45) is 0. The van der Waals surface area contributed by atoms with E-state index in [0.29, 0.717) is 12.5 Å². The van der Waals surface area contributed by atoms with Crippen LogP contribution in [0, 0.1) is 5.92 Å². The summed E-state index contributed by atoms with van der Waals surface area (Å²) < 4.78 is 5.02. The molecular weight excluding hydrogens is 136 g/mol. The van der Waals surface area contributed by atoms with E-state index in [0.717, 1.165) is 0 Å². The Balaban J connectivity index is 4.05. The average Bonchev–Trinajstić information content (AvgIpc) is 1.88. The van der Waals surface area contributed by atoms with E-state index in [1.54, 1.807) is 7.11 Å². The molecule has 0 radical (unpaired) electrons. The highest BCUT2D eigenvalue weighted by atomic mass is 16.5. The van der Waals surface area contributed by atoms with Crippen LogP contribution in [0.15, 0.2) is 0 Å². The molecule has 1 atom stereocenters. The molecule has 64 valence electrons. The molecular formula is C7H19B2NO. The van der Waals surface area contributed by atoms with Crippen molar-refractivity contribution in [3.05, 3.63) is 0 Å². The van der Waals surface area contributed by atoms with Crippen molar-refractivity contribution >= 4 is 15.7 Å². The van der Waals surface area contributed by atoms with Crippen LogP contribution in [-0.2, 0) is 4.74 Å². The Hall–Kier alpha value is 0.0499. The van der Waals surface area contributed by atoms with Crippen LogP contribution in [0.4, 0.5) is 0 Å². The van der Waals surface area contributed by atoms with E-state index < -0.39 is 0 Å². The molecule has 0 heterocycles. The minimum atomic E-state index is 0.132. The van der Waals surface area contributed by atoms with Gasteiger partial charge in [-0.25, -0.2) is 0 Å². The Bertz CT molecular complexity index is 117. The number of methoxy groups -OCH3 is 1. The standard InChI is InChI=1S/C7H19B2NO/c1-5(2)7(8,9)6(10)4-11-3/h5-6H,4,8-10H2,1-3H3. The van der Waals surface area contributed by atoms with Crippen molar-refractivity contribution in [3.63, 3.8) is 0 Å². The molecule has 0 aromatic heterocycles. The van der Waals surface area contributed by atoms with Crippen LogP contribution in [0.3, 0.4) is 0 Å². The molecule has 0 aromatic rings. The molecule has 2 N–H and O–H groups in total. The van der Waals surface area contributed by atoms with Gasteiger partial charge in [-0.2, -0.15) is 0 Å². The molecule has 0 aliphatic rings. The maximum Gasteiger partial charge on any atom is 0.102 e. The summed E-state index contributed by atoms with van der Waals surface area (Å²) in [4.78, 5) is 0. The average molecular weight is 155 g/mol. The second kappa shape index (κ2) is 4.17. The third-order valence-electron chi connectivity index (χ3n) is 2.79. The van der Waals surface area contributed by atoms with E-state index in [1.807, 2.05) is 0 Å². The summed E-state index contributed by atoms with van der Waals surface area (Å²) in [5.74, 6) is 0.590. The number of ether oxygens (including phenoxy) is 1. The normalized spacial score (nSPS) is 15.4. The minimum absolute atomic E-state index is 0.132. The number of rotatable bonds is 4. The van der Waals surface area contributed by atoms with Gasteiger partial charge in [-0.1, -0.05) is 25.0 Å². The van der Waals surface area contributed by atoms with E-state index >= 15 is 0 Å². The van der Waals surface area contributed by atoms with Gasteiger partial charge in [0.2, 0.25) is 0 Å². The van der Waals surface area contributed by atoms with Crippen LogP contribution in [0.2, 0.25) is 5.21 Å². The zero-order valence-electron chi connectivity index (χ0n) is 8.35. The highest BCUT2D eigenvalue weighted by Gasteiger charge is 2.29. The van der Waals surface area contributed by atoms with Crippen LogP contribution < -0.4 is 5.73 Å². The van der Waals surface area contributed by atoms with Gasteiger partial charge < -0.3 is 10.5 Å². The predicted octanol–water partition coefficient (Wildman–Crippen LogP) is -1.00. The molecule has 1 unspecified atom stereocenters. The Morgan fingerprint density at radius 2 is 1.91 bits per heavy atom. The Morgan fingerprint density at radius 3 is 2.18 bits per heavy atom. The lowest BCUT2D eigenvalue weighted by Gasteiger charge is -2.35. The summed E-state index contributed by atoms with van der Waals surface area (Å²) >= 11 is 0. The van der Waals surface area contributed by atoms with Crippen LogP contribution in [-0.4, -0.2) is 35.5 Å². The first-order chi connectivity index (χ1) is 4.92. The number of hydrogen-bond donors (Lipinski definition) is 1. The fourth-order valence-corrected chi connectivity index (χ4v) is 0.822. The number of nitrogens with two attached hydrogens (primary N) is 1. The summed E-state index contributed by atoms with van der Waals surface area (Å²) in [5.41, 5.74) is 5.94. The summed E-state index contributed by atoms with van der Waals surface area (Å²) in [5, 5.41) is 0.163. The van der Waals surface area contributed by atoms with Gasteiger partial charge >= 0.3 is 0 Å². The van der Waals surface area contributed by atoms with Gasteiger partial charge in [-0.05, 0) is 0 Å². The van der Waals surface area contributed by atoms with Crippen LogP contribution in [0.25, 0.3) is 0 Å². The molecule has 0 saturated carbocycles. The van der Waals surface area contributed by atoms with Crippen LogP contribution >= 0.6 is 0 Å². The first-order valence-electron chi connectivity index (χ1n) is 4.17. The van der Waals surface area contributed by atoms with E-state index in [4.69, 9.17) is 10.5 Å². The second-order valence-electron chi connectivity index (χ2n) is 4.04. The summed E-state index contributed by atoms with van der Waals surface area (Å²) in [7, 11) is 6.05. The van der Waals surface area contributed by atoms with Crippen molar-refractivity contribution in [3.8, 4) is 0 Å². The Morgan fingerprint density at radius 1 is 1.45 bits per heavy atom. The van der Waals surface area contributed by atoms with Gasteiger partial charge in [0, 0.05) is 13.2 Å². The molecule has 2 nitrogen and oxygen atoms in total. The van der Waals surface area contributed by atoms with Gasteiger partial charge in [0.15, 0.2) is 0 Å². The van der Waals surface area contributed by atoms with Crippen molar-refractivity contribution in [1.82, 2.24) is 0 Å². The number of hydrogen-bond acceptors (Lipinski definition) is 2. The van der Waals surface area contributed by atoms with Crippen LogP contribution in [0.1, 0.15) is 13.8 Å². The third-order valence-corrected chi connectivity index (χ3v) is 2.79. The molecule has 0 amide bonds. The predicted molar refractivity (Wildman–Crippen MR) is 54.5 cm³/mol. The highest BCUT2D eigenvalue weighted by Crippen LogP contribution is 2.30. The van der Waals surface area contributed by atoms with Gasteiger partial charge in [-0.15, -0.1) is 0 Å². The van der Waals surface area contributed by atoms with Gasteiger partial charge in [-0.3, -0.25) is 0 Å². The van der Waals surface area contributed by atoms with Crippen molar-refractivity contribution in [2.24, 2.45) is 11.7 Å². The highest BCUT2D eigenvalue weighted by molar-refractivity contribution is 6.40. The monoisotopic (exact) mass is 155 g/mol. The molecule has 0 fully saturated rings. The van der Waals surface area contributed by atoms with Gasteiger partial charge in [0.05, 0.1) is 6.61 Å². The quantitative estimate of drug-likeness (QED) is 0.528. The molecule has 0 aliphatic heterocycles. The maximum atomic E-state index is 5.94. The second-order valence-corrected chi connectivity index (χ2v) is 4.04. The van der Waals surface area contributed by atoms with Crippen molar-refractivity contribution in [1.29, 1.82) is 0 Å². The van der Waals surface area contributed by atoms with E-state index in [2.05, 4.69) is 29.5 Å². The van der Waals surface area contributed by atoms with Gasteiger partial charge in [0.25, 0.3) is 0 Å². The fraction of sp³-hybridized carbons (Fsp3) is 1.00. The van der Waals surface area contributed by atoms with Crippen LogP contribution in [0.5, 0.6) is 0 Å². The lowest BCUT2D eigenvalue weighted by molar-refractivity contribution is 0.166. The zero-order valence-corrected chi connectivity index (χ0v) is 8.35. The lowest BCUT2D eigenvalue weighted by Crippen LogP contribution is -2.43. The summed E-state index contributed by atoms with van der Waals surface area (Å²) in [6.45, 7) is 5.02. The molecule has 0 saturated heterocycles. The molecule has 0 aromatic carbocycles. The third kappa shape index (κ3) is 2.88. The SMILES string of the molecule is BC(B)(C(C)C)C(N)COC. The smallest absolute Gasteiger partial charge is 0.102 e. The van der Waals surface area contributed by atoms with E-state index in [9.17, 15) is 0 Å². The zero-order chi connectivity index (χ0) is 9.07. The molecule has 11 heavy (non-hydrogen) atoms. The first kappa shape index (κ1) is 11.0. The summed E-state index contributed by atoms with van der Waals surface area (Å²) in [6, 6.07) is 0.132. The maximum absolute atomic E-state index is 5.94. The molecule has 4 heteroatoms. The molecule has 0 aliphatic carbocycles. The molecule has 0 rings (SSSR count). The van der Waals surface area contributed by atoms with Crippen molar-refractivity contribution in [2.75, 3.05) is 13.7 Å². The minimum Gasteiger partial charge on any atom is -0.383 e. The molecule has 0 bridgehead atoms.